The van der Waals surface area contributed by atoms with Gasteiger partial charge in [-0.3, -0.25) is 9.59 Å². The number of halogens is 1. The van der Waals surface area contributed by atoms with E-state index in [1.165, 1.54) is 6.92 Å². The van der Waals surface area contributed by atoms with Crippen molar-refractivity contribution in [2.24, 2.45) is 0 Å². The van der Waals surface area contributed by atoms with E-state index in [0.29, 0.717) is 29.5 Å². The summed E-state index contributed by atoms with van der Waals surface area (Å²) in [5.41, 5.74) is 2.42. The number of carbonyl (C=O) groups is 2. The molecule has 26 heavy (non-hydrogen) atoms. The molecule has 0 aliphatic carbocycles. The lowest BCUT2D eigenvalue weighted by atomic mass is 10.1. The third kappa shape index (κ3) is 5.49. The number of nitrogens with one attached hydrogen (secondary N) is 1. The van der Waals surface area contributed by atoms with Crippen LogP contribution in [0.25, 0.3) is 0 Å². The van der Waals surface area contributed by atoms with E-state index in [4.69, 9.17) is 16.3 Å². The van der Waals surface area contributed by atoms with Crippen molar-refractivity contribution in [2.45, 2.75) is 27.3 Å². The largest absolute Gasteiger partial charge is 0.483 e. The SMILES string of the molecule is CCN(Cc1ccccc1NC(=O)COc1ccc(Cl)cc1C)C(C)=O. The maximum Gasteiger partial charge on any atom is 0.262 e. The molecule has 2 aromatic rings. The van der Waals surface area contributed by atoms with E-state index in [-0.39, 0.29) is 18.4 Å². The first kappa shape index (κ1) is 19.8. The van der Waals surface area contributed by atoms with Crippen LogP contribution >= 0.6 is 11.6 Å². The van der Waals surface area contributed by atoms with Crippen LogP contribution in [0.1, 0.15) is 25.0 Å². The molecular weight excluding hydrogens is 352 g/mol. The summed E-state index contributed by atoms with van der Waals surface area (Å²) in [5.74, 6) is 0.347. The molecule has 2 rings (SSSR count). The van der Waals surface area contributed by atoms with Gasteiger partial charge in [-0.05, 0) is 49.2 Å². The number of hydrogen-bond donors (Lipinski definition) is 1. The van der Waals surface area contributed by atoms with Crippen molar-refractivity contribution >= 4 is 29.1 Å². The maximum atomic E-state index is 12.3. The van der Waals surface area contributed by atoms with Gasteiger partial charge >= 0.3 is 0 Å². The summed E-state index contributed by atoms with van der Waals surface area (Å²) in [6.45, 7) is 6.27. The Labute approximate surface area is 158 Å². The smallest absolute Gasteiger partial charge is 0.262 e. The van der Waals surface area contributed by atoms with Gasteiger partial charge in [-0.2, -0.15) is 0 Å². The highest BCUT2D eigenvalue weighted by Crippen LogP contribution is 2.22. The van der Waals surface area contributed by atoms with Crippen molar-refractivity contribution in [1.82, 2.24) is 4.90 Å². The summed E-state index contributed by atoms with van der Waals surface area (Å²) < 4.78 is 5.57. The summed E-state index contributed by atoms with van der Waals surface area (Å²) in [6.07, 6.45) is 0. The Morgan fingerprint density at radius 2 is 1.92 bits per heavy atom. The number of anilines is 1. The number of rotatable bonds is 7. The Bertz CT molecular complexity index is 792. The van der Waals surface area contributed by atoms with Gasteiger partial charge in [0.25, 0.3) is 5.91 Å². The van der Waals surface area contributed by atoms with Crippen molar-refractivity contribution in [3.05, 3.63) is 58.6 Å². The van der Waals surface area contributed by atoms with Crippen LogP contribution in [0.5, 0.6) is 5.75 Å². The van der Waals surface area contributed by atoms with Gasteiger partial charge in [-0.25, -0.2) is 0 Å². The molecule has 6 heteroatoms. The third-order valence-corrected chi connectivity index (χ3v) is 4.21. The number of amides is 2. The van der Waals surface area contributed by atoms with Gasteiger partial charge in [0.2, 0.25) is 5.91 Å². The van der Waals surface area contributed by atoms with E-state index in [1.54, 1.807) is 23.1 Å². The molecule has 0 saturated carbocycles. The number of nitrogens with zero attached hydrogens (tertiary/aromatic N) is 1. The molecule has 0 aliphatic heterocycles. The minimum Gasteiger partial charge on any atom is -0.483 e. The Morgan fingerprint density at radius 1 is 1.19 bits per heavy atom. The van der Waals surface area contributed by atoms with Gasteiger partial charge in [-0.15, -0.1) is 0 Å². The second-order valence-corrected chi connectivity index (χ2v) is 6.37. The van der Waals surface area contributed by atoms with E-state index >= 15 is 0 Å². The highest BCUT2D eigenvalue weighted by atomic mass is 35.5. The molecule has 0 spiro atoms. The van der Waals surface area contributed by atoms with Crippen LogP contribution < -0.4 is 10.1 Å². The molecule has 0 unspecified atom stereocenters. The molecular formula is C20H23ClN2O3. The predicted molar refractivity (Wildman–Crippen MR) is 104 cm³/mol. The molecule has 5 nitrogen and oxygen atoms in total. The Morgan fingerprint density at radius 3 is 2.58 bits per heavy atom. The van der Waals surface area contributed by atoms with E-state index in [1.807, 2.05) is 38.1 Å². The van der Waals surface area contributed by atoms with Crippen LogP contribution in [-0.4, -0.2) is 29.9 Å². The van der Waals surface area contributed by atoms with Gasteiger partial charge in [0, 0.05) is 30.7 Å². The molecule has 0 saturated heterocycles. The quantitative estimate of drug-likeness (QED) is 0.795. The zero-order chi connectivity index (χ0) is 19.1. The topological polar surface area (TPSA) is 58.6 Å². The van der Waals surface area contributed by atoms with Gasteiger partial charge in [0.15, 0.2) is 6.61 Å². The molecule has 1 N–H and O–H groups in total. The Balaban J connectivity index is 2.01. The summed E-state index contributed by atoms with van der Waals surface area (Å²) in [6, 6.07) is 12.7. The average molecular weight is 375 g/mol. The monoisotopic (exact) mass is 374 g/mol. The van der Waals surface area contributed by atoms with Crippen LogP contribution in [0, 0.1) is 6.92 Å². The number of benzene rings is 2. The highest BCUT2D eigenvalue weighted by molar-refractivity contribution is 6.30. The first-order valence-corrected chi connectivity index (χ1v) is 8.80. The molecule has 2 aromatic carbocycles. The fourth-order valence-electron chi connectivity index (χ4n) is 2.54. The van der Waals surface area contributed by atoms with Crippen molar-refractivity contribution in [1.29, 1.82) is 0 Å². The summed E-state index contributed by atoms with van der Waals surface area (Å²) in [4.78, 5) is 25.6. The molecule has 0 heterocycles. The molecule has 0 fully saturated rings. The summed E-state index contributed by atoms with van der Waals surface area (Å²) >= 11 is 5.92. The number of aryl methyl sites for hydroxylation is 1. The van der Waals surface area contributed by atoms with Gasteiger partial charge < -0.3 is 15.0 Å². The van der Waals surface area contributed by atoms with Crippen molar-refractivity contribution in [3.63, 3.8) is 0 Å². The summed E-state index contributed by atoms with van der Waals surface area (Å²) in [7, 11) is 0. The van der Waals surface area contributed by atoms with Crippen molar-refractivity contribution < 1.29 is 14.3 Å². The van der Waals surface area contributed by atoms with E-state index in [2.05, 4.69) is 5.32 Å². The molecule has 2 amide bonds. The van der Waals surface area contributed by atoms with Crippen LogP contribution in [0.15, 0.2) is 42.5 Å². The second-order valence-electron chi connectivity index (χ2n) is 5.94. The third-order valence-electron chi connectivity index (χ3n) is 3.98. The Hall–Kier alpha value is -2.53. The standard InChI is InChI=1S/C20H23ClN2O3/c1-4-23(15(3)24)12-16-7-5-6-8-18(16)22-20(25)13-26-19-10-9-17(21)11-14(19)2/h5-11H,4,12-13H2,1-3H3,(H,22,25). The van der Waals surface area contributed by atoms with Gasteiger partial charge in [-0.1, -0.05) is 29.8 Å². The molecule has 138 valence electrons. The van der Waals surface area contributed by atoms with Crippen LogP contribution in [0.2, 0.25) is 5.02 Å². The van der Waals surface area contributed by atoms with E-state index in [9.17, 15) is 9.59 Å². The minimum atomic E-state index is -0.266. The van der Waals surface area contributed by atoms with Gasteiger partial charge in [0.05, 0.1) is 0 Å². The van der Waals surface area contributed by atoms with Crippen LogP contribution in [0.4, 0.5) is 5.69 Å². The maximum absolute atomic E-state index is 12.3. The highest BCUT2D eigenvalue weighted by Gasteiger charge is 2.12. The molecule has 0 aliphatic rings. The number of carbonyl (C=O) groups excluding carboxylic acids is 2. The molecule has 0 bridgehead atoms. The van der Waals surface area contributed by atoms with Crippen molar-refractivity contribution in [3.8, 4) is 5.75 Å². The van der Waals surface area contributed by atoms with Crippen LogP contribution in [-0.2, 0) is 16.1 Å². The van der Waals surface area contributed by atoms with E-state index < -0.39 is 0 Å². The number of ether oxygens (including phenoxy) is 1. The average Bonchev–Trinajstić information content (AvgIpc) is 2.60. The first-order valence-electron chi connectivity index (χ1n) is 8.43. The van der Waals surface area contributed by atoms with E-state index in [0.717, 1.165) is 11.1 Å². The first-order chi connectivity index (χ1) is 12.4. The minimum absolute atomic E-state index is 0.00447. The Kier molecular flexibility index (Phi) is 7.04. The predicted octanol–water partition coefficient (Wildman–Crippen LogP) is 4.03. The van der Waals surface area contributed by atoms with Crippen molar-refractivity contribution in [2.75, 3.05) is 18.5 Å². The zero-order valence-corrected chi connectivity index (χ0v) is 16.0. The molecule has 0 radical (unpaired) electrons. The zero-order valence-electron chi connectivity index (χ0n) is 15.2. The van der Waals surface area contributed by atoms with Crippen LogP contribution in [0.3, 0.4) is 0 Å². The summed E-state index contributed by atoms with van der Waals surface area (Å²) in [5, 5.41) is 3.48. The fourth-order valence-corrected chi connectivity index (χ4v) is 2.76. The van der Waals surface area contributed by atoms with Gasteiger partial charge in [0.1, 0.15) is 5.75 Å². The fraction of sp³-hybridized carbons (Fsp3) is 0.300. The number of hydrogen-bond acceptors (Lipinski definition) is 3. The molecule has 0 atom stereocenters. The number of para-hydroxylation sites is 1. The lowest BCUT2D eigenvalue weighted by molar-refractivity contribution is -0.129. The normalized spacial score (nSPS) is 10.3. The lowest BCUT2D eigenvalue weighted by Crippen LogP contribution is -2.28. The molecule has 0 aromatic heterocycles. The second kappa shape index (κ2) is 9.25. The lowest BCUT2D eigenvalue weighted by Gasteiger charge is -2.21.